The fraction of sp³-hybridized carbons (Fsp3) is 0.154. The van der Waals surface area contributed by atoms with Gasteiger partial charge in [-0.3, -0.25) is 0 Å². The first-order chi connectivity index (χ1) is 8.01. The molecular weight excluding hydrogens is 238 g/mol. The molecule has 0 saturated heterocycles. The number of carbonyl (C=O) groups excluding carboxylic acids is 1. The minimum atomic E-state index is -0.874. The van der Waals surface area contributed by atoms with Crippen LogP contribution < -0.4 is 9.64 Å². The van der Waals surface area contributed by atoms with E-state index in [-0.39, 0.29) is 0 Å². The van der Waals surface area contributed by atoms with Crippen LogP contribution in [-0.2, 0) is 0 Å². The summed E-state index contributed by atoms with van der Waals surface area (Å²) >= 11 is 5.21. The largest absolute Gasteiger partial charge is 0.414 e. The van der Waals surface area contributed by atoms with E-state index < -0.39 is 5.43 Å². The maximum absolute atomic E-state index is 10.8. The summed E-state index contributed by atoms with van der Waals surface area (Å²) in [5.41, 5.74) is 1.63. The van der Waals surface area contributed by atoms with Gasteiger partial charge in [0.15, 0.2) is 0 Å². The zero-order chi connectivity index (χ0) is 13.0. The van der Waals surface area contributed by atoms with Gasteiger partial charge < -0.3 is 9.64 Å². The fourth-order valence-electron chi connectivity index (χ4n) is 1.60. The minimum Gasteiger partial charge on any atom is -0.414 e. The second-order valence-corrected chi connectivity index (χ2v) is 3.86. The predicted octanol–water partition coefficient (Wildman–Crippen LogP) is 3.78. The molecule has 4 heteroatoms. The average Bonchev–Trinajstić information content (AvgIpc) is 2.26. The van der Waals surface area contributed by atoms with E-state index in [2.05, 4.69) is 13.2 Å². The molecule has 0 amide bonds. The van der Waals surface area contributed by atoms with Crippen LogP contribution in [0, 0.1) is 0 Å². The van der Waals surface area contributed by atoms with Gasteiger partial charge >= 0.3 is 5.43 Å². The molecule has 3 nitrogen and oxygen atoms in total. The van der Waals surface area contributed by atoms with Crippen molar-refractivity contribution >= 4 is 34.9 Å². The van der Waals surface area contributed by atoms with Crippen LogP contribution in [0.3, 0.4) is 0 Å². The second kappa shape index (κ2) is 5.55. The van der Waals surface area contributed by atoms with Crippen molar-refractivity contribution < 1.29 is 9.53 Å². The highest BCUT2D eigenvalue weighted by atomic mass is 35.5. The molecule has 0 saturated carbocycles. The Morgan fingerprint density at radius 2 is 1.88 bits per heavy atom. The molecule has 0 radical (unpaired) electrons. The molecule has 1 aromatic carbocycles. The Hall–Kier alpha value is -1.74. The van der Waals surface area contributed by atoms with Crippen LogP contribution in [0.2, 0.25) is 0 Å². The van der Waals surface area contributed by atoms with Crippen LogP contribution in [0.5, 0.6) is 5.75 Å². The molecule has 0 unspecified atom stereocenters. The van der Waals surface area contributed by atoms with E-state index in [1.54, 1.807) is 18.2 Å². The third-order valence-electron chi connectivity index (χ3n) is 2.30. The first-order valence-electron chi connectivity index (χ1n) is 4.97. The Morgan fingerprint density at radius 3 is 2.29 bits per heavy atom. The third-order valence-corrected chi connectivity index (χ3v) is 2.38. The number of hydrogen-bond acceptors (Lipinski definition) is 3. The molecule has 0 atom stereocenters. The Morgan fingerprint density at radius 1 is 1.29 bits per heavy atom. The molecule has 0 fully saturated rings. The fourth-order valence-corrected chi connectivity index (χ4v) is 1.68. The second-order valence-electron chi connectivity index (χ2n) is 3.55. The molecule has 90 valence electrons. The topological polar surface area (TPSA) is 29.5 Å². The Kier molecular flexibility index (Phi) is 4.35. The monoisotopic (exact) mass is 251 g/mol. The summed E-state index contributed by atoms with van der Waals surface area (Å²) < 4.78 is 4.90. The standard InChI is InChI=1S/C13H14ClNO2/c1-5-9-10(6-2)12(17-13(14)16)8-7-11(9)15(3)4/h5-8H,1-2H2,3-4H3. The first kappa shape index (κ1) is 13.3. The smallest absolute Gasteiger partial charge is 0.409 e. The highest BCUT2D eigenvalue weighted by molar-refractivity contribution is 6.61. The number of carbonyl (C=O) groups is 1. The van der Waals surface area contributed by atoms with Crippen molar-refractivity contribution in [2.24, 2.45) is 0 Å². The number of rotatable bonds is 4. The molecule has 0 bridgehead atoms. The lowest BCUT2D eigenvalue weighted by molar-refractivity contribution is 0.225. The number of hydrogen-bond donors (Lipinski definition) is 0. The van der Waals surface area contributed by atoms with E-state index in [0.717, 1.165) is 11.3 Å². The predicted molar refractivity (Wildman–Crippen MR) is 72.8 cm³/mol. The van der Waals surface area contributed by atoms with Gasteiger partial charge in [0.1, 0.15) is 5.75 Å². The molecule has 0 aliphatic carbocycles. The van der Waals surface area contributed by atoms with Crippen LogP contribution in [0.25, 0.3) is 12.2 Å². The molecule has 17 heavy (non-hydrogen) atoms. The van der Waals surface area contributed by atoms with Crippen LogP contribution in [-0.4, -0.2) is 19.5 Å². The van der Waals surface area contributed by atoms with Crippen molar-refractivity contribution in [1.29, 1.82) is 0 Å². The summed E-state index contributed by atoms with van der Waals surface area (Å²) in [5.74, 6) is 0.375. The van der Waals surface area contributed by atoms with Crippen molar-refractivity contribution in [1.82, 2.24) is 0 Å². The number of anilines is 1. The Bertz CT molecular complexity index is 467. The number of nitrogens with zero attached hydrogens (tertiary/aromatic N) is 1. The van der Waals surface area contributed by atoms with E-state index in [1.165, 1.54) is 0 Å². The average molecular weight is 252 g/mol. The third kappa shape index (κ3) is 2.88. The van der Waals surface area contributed by atoms with Crippen molar-refractivity contribution in [2.75, 3.05) is 19.0 Å². The lowest BCUT2D eigenvalue weighted by Gasteiger charge is -2.19. The first-order valence-corrected chi connectivity index (χ1v) is 5.35. The SMILES string of the molecule is C=Cc1c(OC(=O)Cl)ccc(N(C)C)c1C=C. The molecule has 0 N–H and O–H groups in total. The molecule has 0 aliphatic rings. The molecule has 1 rings (SSSR count). The highest BCUT2D eigenvalue weighted by Crippen LogP contribution is 2.32. The van der Waals surface area contributed by atoms with Gasteiger partial charge in [0.05, 0.1) is 0 Å². The summed E-state index contributed by atoms with van der Waals surface area (Å²) in [5, 5.41) is 0. The van der Waals surface area contributed by atoms with Gasteiger partial charge in [0.2, 0.25) is 0 Å². The number of benzene rings is 1. The zero-order valence-electron chi connectivity index (χ0n) is 9.87. The van der Waals surface area contributed by atoms with Crippen molar-refractivity contribution in [2.45, 2.75) is 0 Å². The van der Waals surface area contributed by atoms with E-state index in [0.29, 0.717) is 11.3 Å². The van der Waals surface area contributed by atoms with E-state index >= 15 is 0 Å². The van der Waals surface area contributed by atoms with Crippen LogP contribution >= 0.6 is 11.6 Å². The summed E-state index contributed by atoms with van der Waals surface area (Å²) in [6, 6.07) is 3.51. The summed E-state index contributed by atoms with van der Waals surface area (Å²) in [7, 11) is 3.84. The van der Waals surface area contributed by atoms with Crippen molar-refractivity contribution in [3.8, 4) is 5.75 Å². The molecular formula is C13H14ClNO2. The number of halogens is 1. The lowest BCUT2D eigenvalue weighted by Crippen LogP contribution is -2.11. The van der Waals surface area contributed by atoms with Gasteiger partial charge in [-0.15, -0.1) is 0 Å². The van der Waals surface area contributed by atoms with Gasteiger partial charge in [-0.1, -0.05) is 25.3 Å². The van der Waals surface area contributed by atoms with Crippen LogP contribution in [0.4, 0.5) is 10.5 Å². The molecule has 1 aromatic rings. The molecule has 0 heterocycles. The highest BCUT2D eigenvalue weighted by Gasteiger charge is 2.12. The number of ether oxygens (including phenoxy) is 1. The van der Waals surface area contributed by atoms with Gasteiger partial charge in [-0.2, -0.15) is 0 Å². The summed E-state index contributed by atoms with van der Waals surface area (Å²) in [4.78, 5) is 12.7. The summed E-state index contributed by atoms with van der Waals surface area (Å²) in [6.45, 7) is 7.46. The van der Waals surface area contributed by atoms with E-state index in [1.807, 2.05) is 25.1 Å². The maximum atomic E-state index is 10.8. The molecule has 0 aromatic heterocycles. The quantitative estimate of drug-likeness (QED) is 0.763. The van der Waals surface area contributed by atoms with Crippen LogP contribution in [0.15, 0.2) is 25.3 Å². The van der Waals surface area contributed by atoms with Crippen molar-refractivity contribution in [3.05, 3.63) is 36.4 Å². The zero-order valence-corrected chi connectivity index (χ0v) is 10.6. The lowest BCUT2D eigenvalue weighted by atomic mass is 10.0. The normalized spacial score (nSPS) is 9.59. The van der Waals surface area contributed by atoms with Crippen LogP contribution in [0.1, 0.15) is 11.1 Å². The summed E-state index contributed by atoms with van der Waals surface area (Å²) in [6.07, 6.45) is 3.30. The van der Waals surface area contributed by atoms with Gasteiger partial charge in [-0.25, -0.2) is 4.79 Å². The van der Waals surface area contributed by atoms with E-state index in [4.69, 9.17) is 16.3 Å². The van der Waals surface area contributed by atoms with Crippen molar-refractivity contribution in [3.63, 3.8) is 0 Å². The molecule has 0 spiro atoms. The Balaban J connectivity index is 3.42. The Labute approximate surface area is 106 Å². The van der Waals surface area contributed by atoms with Gasteiger partial charge in [0.25, 0.3) is 0 Å². The van der Waals surface area contributed by atoms with Gasteiger partial charge in [-0.05, 0) is 12.1 Å². The van der Waals surface area contributed by atoms with Gasteiger partial charge in [0, 0.05) is 42.5 Å². The minimum absolute atomic E-state index is 0.375. The van der Waals surface area contributed by atoms with E-state index in [9.17, 15) is 4.79 Å². The molecule has 0 aliphatic heterocycles. The maximum Gasteiger partial charge on any atom is 0.409 e.